The Morgan fingerprint density at radius 2 is 1.90 bits per heavy atom. The molecule has 1 aliphatic carbocycles. The summed E-state index contributed by atoms with van der Waals surface area (Å²) < 4.78 is 16.7. The van der Waals surface area contributed by atoms with E-state index in [1.165, 1.54) is 38.5 Å². The van der Waals surface area contributed by atoms with Crippen molar-refractivity contribution < 1.29 is 23.5 Å². The average molecular weight is 422 g/mol. The molecule has 1 aromatic carbocycles. The monoisotopic (exact) mass is 422 g/mol. The number of carbonyl (C=O) groups excluding carboxylic acids is 2. The minimum absolute atomic E-state index is 0. The number of amides is 2. The second kappa shape index (κ2) is 10.5. The fraction of sp³-hybridized carbons (Fsp3) is 0.500. The topological polar surface area (TPSA) is 90.7 Å². The van der Waals surface area contributed by atoms with Gasteiger partial charge in [-0.15, -0.1) is 0 Å². The molecule has 8 heteroatoms. The molecular formula is C22H27N2NaO5. The van der Waals surface area contributed by atoms with E-state index in [1.807, 2.05) is 31.2 Å². The van der Waals surface area contributed by atoms with E-state index in [9.17, 15) is 9.59 Å². The van der Waals surface area contributed by atoms with E-state index in [0.29, 0.717) is 12.3 Å². The van der Waals surface area contributed by atoms with Gasteiger partial charge in [-0.3, -0.25) is 10.1 Å². The average Bonchev–Trinajstić information content (AvgIpc) is 3.27. The van der Waals surface area contributed by atoms with E-state index in [1.54, 1.807) is 0 Å². The summed E-state index contributed by atoms with van der Waals surface area (Å²) in [4.78, 5) is 27.2. The quantitative estimate of drug-likeness (QED) is 0.690. The predicted molar refractivity (Wildman–Crippen MR) is 112 cm³/mol. The molecule has 2 aromatic rings. The van der Waals surface area contributed by atoms with E-state index in [-0.39, 0.29) is 35.7 Å². The van der Waals surface area contributed by atoms with E-state index in [0.717, 1.165) is 29.2 Å². The summed E-state index contributed by atoms with van der Waals surface area (Å²) in [5.74, 6) is 1.74. The zero-order valence-electron chi connectivity index (χ0n) is 16.6. The molecule has 2 heterocycles. The van der Waals surface area contributed by atoms with Crippen molar-refractivity contribution in [2.75, 3.05) is 0 Å². The molecule has 0 radical (unpaired) electrons. The number of oxazole rings is 1. The summed E-state index contributed by atoms with van der Waals surface area (Å²) >= 11 is 0. The van der Waals surface area contributed by atoms with E-state index in [4.69, 9.17) is 13.9 Å². The second-order valence-corrected chi connectivity index (χ2v) is 7.85. The standard InChI is InChI=1S/C22H26N2O5.Na.H/c1-14-18(23-13-27-14)12-19(16-5-3-2-4-6-16)28-17-9-7-15(8-10-17)11-20-21(25)24-22(26)29-20;;/h7-10,13,16,19-20H,2-6,11-12H2,1H3,(H,24,25,26);;. The number of hydrogen-bond donors (Lipinski definition) is 1. The number of rotatable bonds is 7. The number of cyclic esters (lactones) is 1. The van der Waals surface area contributed by atoms with Crippen molar-refractivity contribution in [2.24, 2.45) is 5.92 Å². The molecule has 2 unspecified atom stereocenters. The molecule has 2 amide bonds. The fourth-order valence-corrected chi connectivity index (χ4v) is 4.15. The molecule has 1 N–H and O–H groups in total. The zero-order chi connectivity index (χ0) is 20.2. The number of nitrogens with one attached hydrogen (secondary N) is 1. The second-order valence-electron chi connectivity index (χ2n) is 7.85. The summed E-state index contributed by atoms with van der Waals surface area (Å²) in [6, 6.07) is 7.65. The molecule has 30 heavy (non-hydrogen) atoms. The third-order valence-electron chi connectivity index (χ3n) is 5.81. The van der Waals surface area contributed by atoms with E-state index in [2.05, 4.69) is 10.3 Å². The first-order chi connectivity index (χ1) is 14.1. The van der Waals surface area contributed by atoms with Crippen LogP contribution >= 0.6 is 0 Å². The Hall–Kier alpha value is -1.83. The minimum atomic E-state index is -0.764. The molecule has 2 atom stereocenters. The number of imide groups is 1. The van der Waals surface area contributed by atoms with Crippen molar-refractivity contribution in [1.29, 1.82) is 0 Å². The van der Waals surface area contributed by atoms with Gasteiger partial charge in [-0.1, -0.05) is 31.4 Å². The molecule has 156 valence electrons. The van der Waals surface area contributed by atoms with Crippen LogP contribution in [0.5, 0.6) is 5.75 Å². The maximum atomic E-state index is 11.7. The molecule has 1 aliphatic heterocycles. The van der Waals surface area contributed by atoms with Crippen LogP contribution in [0.2, 0.25) is 0 Å². The first-order valence-corrected chi connectivity index (χ1v) is 10.2. The number of carbonyl (C=O) groups is 2. The van der Waals surface area contributed by atoms with Crippen molar-refractivity contribution in [3.05, 3.63) is 47.7 Å². The van der Waals surface area contributed by atoms with E-state index < -0.39 is 18.1 Å². The normalized spacial score (nSPS) is 20.2. The number of alkyl carbamates (subject to hydrolysis) is 1. The Morgan fingerprint density at radius 1 is 1.17 bits per heavy atom. The molecule has 7 nitrogen and oxygen atoms in total. The van der Waals surface area contributed by atoms with Gasteiger partial charge in [0.1, 0.15) is 17.6 Å². The SMILES string of the molecule is Cc1ocnc1CC(Oc1ccc(CC2OC(=O)NC2=O)cc1)C1CCCCC1.[NaH]. The number of nitrogens with zero attached hydrogens (tertiary/aromatic N) is 1. The Bertz CT molecular complexity index is 861. The Balaban J connectivity index is 0.00000256. The van der Waals surface area contributed by atoms with E-state index >= 15 is 0 Å². The van der Waals surface area contributed by atoms with Gasteiger partial charge in [0.05, 0.1) is 5.69 Å². The Labute approximate surface area is 198 Å². The van der Waals surface area contributed by atoms with Crippen LogP contribution in [0.4, 0.5) is 4.79 Å². The van der Waals surface area contributed by atoms with Gasteiger partial charge in [0.15, 0.2) is 12.5 Å². The van der Waals surface area contributed by atoms with Crippen molar-refractivity contribution in [2.45, 2.75) is 64.1 Å². The Morgan fingerprint density at radius 3 is 2.50 bits per heavy atom. The van der Waals surface area contributed by atoms with Crippen LogP contribution in [0.1, 0.15) is 49.1 Å². The number of aryl methyl sites for hydroxylation is 1. The molecular weight excluding hydrogens is 395 g/mol. The van der Waals surface area contributed by atoms with Gasteiger partial charge < -0.3 is 13.9 Å². The molecule has 0 bridgehead atoms. The van der Waals surface area contributed by atoms with Gasteiger partial charge in [0.2, 0.25) is 0 Å². The van der Waals surface area contributed by atoms with Crippen molar-refractivity contribution in [1.82, 2.24) is 10.3 Å². The van der Waals surface area contributed by atoms with Crippen molar-refractivity contribution in [3.8, 4) is 5.75 Å². The van der Waals surface area contributed by atoms with Crippen LogP contribution in [0.25, 0.3) is 0 Å². The Kier molecular flexibility index (Phi) is 7.97. The molecule has 1 saturated heterocycles. The number of hydrogen-bond acceptors (Lipinski definition) is 6. The molecule has 2 aliphatic rings. The van der Waals surface area contributed by atoms with Crippen LogP contribution in [0.3, 0.4) is 0 Å². The molecule has 1 saturated carbocycles. The summed E-state index contributed by atoms with van der Waals surface area (Å²) in [6.07, 6.45) is 7.28. The molecule has 4 rings (SSSR count). The van der Waals surface area contributed by atoms with Gasteiger partial charge in [-0.25, -0.2) is 9.78 Å². The summed E-state index contributed by atoms with van der Waals surface area (Å²) in [5, 5.41) is 2.15. The van der Waals surface area contributed by atoms with Crippen LogP contribution in [0.15, 0.2) is 35.1 Å². The summed E-state index contributed by atoms with van der Waals surface area (Å²) in [5.41, 5.74) is 1.86. The molecule has 0 spiro atoms. The van der Waals surface area contributed by atoms with Crippen molar-refractivity contribution in [3.63, 3.8) is 0 Å². The fourth-order valence-electron chi connectivity index (χ4n) is 4.15. The maximum absolute atomic E-state index is 11.7. The first kappa shape index (κ1) is 22.8. The van der Waals surface area contributed by atoms with Gasteiger partial charge in [0.25, 0.3) is 5.91 Å². The van der Waals surface area contributed by atoms with Crippen LogP contribution in [0, 0.1) is 12.8 Å². The van der Waals surface area contributed by atoms with Crippen LogP contribution < -0.4 is 10.1 Å². The molecule has 1 aromatic heterocycles. The first-order valence-electron chi connectivity index (χ1n) is 10.2. The summed E-state index contributed by atoms with van der Waals surface area (Å²) in [7, 11) is 0. The van der Waals surface area contributed by atoms with Gasteiger partial charge in [-0.2, -0.15) is 0 Å². The van der Waals surface area contributed by atoms with Crippen LogP contribution in [-0.2, 0) is 22.4 Å². The number of ether oxygens (including phenoxy) is 2. The summed E-state index contributed by atoms with van der Waals surface area (Å²) in [6.45, 7) is 1.93. The third kappa shape index (κ3) is 5.65. The predicted octanol–water partition coefficient (Wildman–Crippen LogP) is 3.08. The van der Waals surface area contributed by atoms with Crippen molar-refractivity contribution >= 4 is 41.6 Å². The number of aromatic nitrogens is 1. The zero-order valence-corrected chi connectivity index (χ0v) is 16.6. The van der Waals surface area contributed by atoms with Gasteiger partial charge in [-0.05, 0) is 43.4 Å². The molecule has 2 fully saturated rings. The number of benzene rings is 1. The van der Waals surface area contributed by atoms with Gasteiger partial charge in [0, 0.05) is 12.8 Å². The van der Waals surface area contributed by atoms with Crippen LogP contribution in [-0.4, -0.2) is 58.7 Å². The van der Waals surface area contributed by atoms with Gasteiger partial charge >= 0.3 is 35.7 Å². The third-order valence-corrected chi connectivity index (χ3v) is 5.81.